The van der Waals surface area contributed by atoms with Gasteiger partial charge in [0, 0.05) is 17.5 Å². The maximum atomic E-state index is 6.19. The fraction of sp³-hybridized carbons (Fsp3) is 0.647. The molecule has 1 aliphatic rings. The quantitative estimate of drug-likeness (QED) is 0.894. The van der Waals surface area contributed by atoms with Crippen molar-refractivity contribution in [3.63, 3.8) is 0 Å². The molecule has 0 aliphatic heterocycles. The summed E-state index contributed by atoms with van der Waals surface area (Å²) in [4.78, 5) is 0. The van der Waals surface area contributed by atoms with Crippen LogP contribution in [0.5, 0.6) is 11.5 Å². The van der Waals surface area contributed by atoms with Crippen LogP contribution in [0, 0.1) is 0 Å². The van der Waals surface area contributed by atoms with Crippen molar-refractivity contribution in [2.75, 3.05) is 20.8 Å². The number of rotatable bonds is 5. The standard InChI is InChI=1S/C17H27NO2/c1-12(2)13-7-8-14(19-3)16(20-4)15(13)17(11-18)9-5-6-10-17/h7-8,12H,5-6,9-11,18H2,1-4H3. The summed E-state index contributed by atoms with van der Waals surface area (Å²) >= 11 is 0. The minimum absolute atomic E-state index is 0.0550. The molecule has 3 heteroatoms. The van der Waals surface area contributed by atoms with Gasteiger partial charge in [0.25, 0.3) is 0 Å². The van der Waals surface area contributed by atoms with E-state index in [0.717, 1.165) is 24.3 Å². The second kappa shape index (κ2) is 6.04. The van der Waals surface area contributed by atoms with Gasteiger partial charge < -0.3 is 15.2 Å². The lowest BCUT2D eigenvalue weighted by Crippen LogP contribution is -2.34. The van der Waals surface area contributed by atoms with Gasteiger partial charge in [-0.3, -0.25) is 0 Å². The van der Waals surface area contributed by atoms with Crippen LogP contribution in [0.2, 0.25) is 0 Å². The Kier molecular flexibility index (Phi) is 4.59. The van der Waals surface area contributed by atoms with Crippen molar-refractivity contribution in [1.29, 1.82) is 0 Å². The monoisotopic (exact) mass is 277 g/mol. The second-order valence-electron chi connectivity index (χ2n) is 6.11. The lowest BCUT2D eigenvalue weighted by Gasteiger charge is -2.33. The number of benzene rings is 1. The molecule has 0 heterocycles. The smallest absolute Gasteiger partial charge is 0.164 e. The van der Waals surface area contributed by atoms with Crippen LogP contribution in [0.1, 0.15) is 56.6 Å². The molecular weight excluding hydrogens is 250 g/mol. The van der Waals surface area contributed by atoms with Gasteiger partial charge in [-0.25, -0.2) is 0 Å². The number of nitrogens with two attached hydrogens (primary N) is 1. The van der Waals surface area contributed by atoms with Crippen molar-refractivity contribution < 1.29 is 9.47 Å². The number of hydrogen-bond acceptors (Lipinski definition) is 3. The molecule has 1 saturated carbocycles. The second-order valence-corrected chi connectivity index (χ2v) is 6.11. The van der Waals surface area contributed by atoms with Crippen LogP contribution < -0.4 is 15.2 Å². The van der Waals surface area contributed by atoms with Crippen molar-refractivity contribution in [3.05, 3.63) is 23.3 Å². The van der Waals surface area contributed by atoms with Gasteiger partial charge in [0.05, 0.1) is 14.2 Å². The van der Waals surface area contributed by atoms with Gasteiger partial charge in [-0.1, -0.05) is 32.8 Å². The van der Waals surface area contributed by atoms with Crippen molar-refractivity contribution >= 4 is 0 Å². The summed E-state index contributed by atoms with van der Waals surface area (Å²) < 4.78 is 11.2. The van der Waals surface area contributed by atoms with Crippen LogP contribution in [0.15, 0.2) is 12.1 Å². The summed E-state index contributed by atoms with van der Waals surface area (Å²) in [5, 5.41) is 0. The highest BCUT2D eigenvalue weighted by Crippen LogP contribution is 2.49. The third kappa shape index (κ3) is 2.39. The zero-order chi connectivity index (χ0) is 14.8. The van der Waals surface area contributed by atoms with Crippen LogP contribution in [-0.4, -0.2) is 20.8 Å². The zero-order valence-electron chi connectivity index (χ0n) is 13.2. The Morgan fingerprint density at radius 2 is 1.80 bits per heavy atom. The fourth-order valence-electron chi connectivity index (χ4n) is 3.58. The fourth-order valence-corrected chi connectivity index (χ4v) is 3.58. The zero-order valence-corrected chi connectivity index (χ0v) is 13.2. The van der Waals surface area contributed by atoms with E-state index in [4.69, 9.17) is 15.2 Å². The molecular formula is C17H27NO2. The Morgan fingerprint density at radius 3 is 2.25 bits per heavy atom. The van der Waals surface area contributed by atoms with Gasteiger partial charge in [-0.15, -0.1) is 0 Å². The third-order valence-electron chi connectivity index (χ3n) is 4.68. The number of hydrogen-bond donors (Lipinski definition) is 1. The molecule has 0 radical (unpaired) electrons. The molecule has 20 heavy (non-hydrogen) atoms. The topological polar surface area (TPSA) is 44.5 Å². The van der Waals surface area contributed by atoms with E-state index in [-0.39, 0.29) is 5.41 Å². The number of ether oxygens (including phenoxy) is 2. The highest BCUT2D eigenvalue weighted by molar-refractivity contribution is 5.56. The maximum absolute atomic E-state index is 6.19. The van der Waals surface area contributed by atoms with E-state index >= 15 is 0 Å². The molecule has 112 valence electrons. The summed E-state index contributed by atoms with van der Waals surface area (Å²) in [7, 11) is 3.42. The molecule has 0 aromatic heterocycles. The van der Waals surface area contributed by atoms with E-state index in [1.54, 1.807) is 14.2 Å². The van der Waals surface area contributed by atoms with E-state index in [2.05, 4.69) is 19.9 Å². The molecule has 2 rings (SSSR count). The summed E-state index contributed by atoms with van der Waals surface area (Å²) in [6, 6.07) is 4.19. The van der Waals surface area contributed by atoms with Gasteiger partial charge in [-0.2, -0.15) is 0 Å². The van der Waals surface area contributed by atoms with Gasteiger partial charge >= 0.3 is 0 Å². The first-order valence-electron chi connectivity index (χ1n) is 7.55. The van der Waals surface area contributed by atoms with Crippen molar-refractivity contribution in [2.45, 2.75) is 50.9 Å². The predicted molar refractivity (Wildman–Crippen MR) is 82.8 cm³/mol. The highest BCUT2D eigenvalue weighted by Gasteiger charge is 2.39. The largest absolute Gasteiger partial charge is 0.493 e. The molecule has 0 saturated heterocycles. The average molecular weight is 277 g/mol. The number of methoxy groups -OCH3 is 2. The minimum atomic E-state index is 0.0550. The molecule has 0 amide bonds. The van der Waals surface area contributed by atoms with E-state index in [1.807, 2.05) is 6.07 Å². The highest BCUT2D eigenvalue weighted by atomic mass is 16.5. The third-order valence-corrected chi connectivity index (χ3v) is 4.68. The lowest BCUT2D eigenvalue weighted by atomic mass is 9.74. The first-order valence-corrected chi connectivity index (χ1v) is 7.55. The first-order chi connectivity index (χ1) is 9.59. The van der Waals surface area contributed by atoms with Crippen LogP contribution in [0.3, 0.4) is 0 Å². The summed E-state index contributed by atoms with van der Waals surface area (Å²) in [6.45, 7) is 5.13. The minimum Gasteiger partial charge on any atom is -0.493 e. The van der Waals surface area contributed by atoms with Gasteiger partial charge in [0.15, 0.2) is 11.5 Å². The van der Waals surface area contributed by atoms with E-state index in [1.165, 1.54) is 24.0 Å². The maximum Gasteiger partial charge on any atom is 0.164 e. The lowest BCUT2D eigenvalue weighted by molar-refractivity contribution is 0.334. The molecule has 3 nitrogen and oxygen atoms in total. The normalized spacial score (nSPS) is 17.5. The molecule has 0 bridgehead atoms. The summed E-state index contributed by atoms with van der Waals surface area (Å²) in [5.74, 6) is 2.14. The molecule has 0 unspecified atom stereocenters. The Bertz CT molecular complexity index is 462. The Morgan fingerprint density at radius 1 is 1.15 bits per heavy atom. The van der Waals surface area contributed by atoms with E-state index in [9.17, 15) is 0 Å². The van der Waals surface area contributed by atoms with Gasteiger partial charge in [0.1, 0.15) is 0 Å². The van der Waals surface area contributed by atoms with Gasteiger partial charge in [-0.05, 0) is 30.4 Å². The summed E-state index contributed by atoms with van der Waals surface area (Å²) in [6.07, 6.45) is 4.78. The molecule has 1 aromatic carbocycles. The Labute approximate surface area is 122 Å². The molecule has 0 spiro atoms. The summed E-state index contributed by atoms with van der Waals surface area (Å²) in [5.41, 5.74) is 8.87. The SMILES string of the molecule is COc1ccc(C(C)C)c(C2(CN)CCCC2)c1OC. The molecule has 1 aliphatic carbocycles. The Balaban J connectivity index is 2.68. The molecule has 0 atom stereocenters. The molecule has 2 N–H and O–H groups in total. The predicted octanol–water partition coefficient (Wildman–Crippen LogP) is 3.60. The van der Waals surface area contributed by atoms with Crippen molar-refractivity contribution in [3.8, 4) is 11.5 Å². The Hall–Kier alpha value is -1.22. The van der Waals surface area contributed by atoms with E-state index < -0.39 is 0 Å². The first kappa shape index (κ1) is 15.2. The van der Waals surface area contributed by atoms with Gasteiger partial charge in [0.2, 0.25) is 0 Å². The molecule has 1 fully saturated rings. The van der Waals surface area contributed by atoms with Crippen LogP contribution in [-0.2, 0) is 5.41 Å². The van der Waals surface area contributed by atoms with E-state index in [0.29, 0.717) is 12.5 Å². The average Bonchev–Trinajstić information content (AvgIpc) is 2.95. The van der Waals surface area contributed by atoms with Crippen LogP contribution >= 0.6 is 0 Å². The van der Waals surface area contributed by atoms with Crippen molar-refractivity contribution in [1.82, 2.24) is 0 Å². The molecule has 1 aromatic rings. The van der Waals surface area contributed by atoms with Crippen molar-refractivity contribution in [2.24, 2.45) is 5.73 Å². The van der Waals surface area contributed by atoms with Crippen LogP contribution in [0.4, 0.5) is 0 Å². The van der Waals surface area contributed by atoms with Crippen LogP contribution in [0.25, 0.3) is 0 Å².